The molecule has 1 saturated heterocycles. The maximum atomic E-state index is 12.9. The molecule has 1 N–H and O–H groups in total. The summed E-state index contributed by atoms with van der Waals surface area (Å²) in [4.78, 5) is 36.0. The first kappa shape index (κ1) is 20.9. The number of nitrogens with zero attached hydrogens (tertiary/aromatic N) is 3. The van der Waals surface area contributed by atoms with E-state index in [9.17, 15) is 19.7 Å². The van der Waals surface area contributed by atoms with Gasteiger partial charge in [-0.3, -0.25) is 25.1 Å². The lowest BCUT2D eigenvalue weighted by atomic mass is 10.2. The summed E-state index contributed by atoms with van der Waals surface area (Å²) in [7, 11) is 0. The normalized spacial score (nSPS) is 14.9. The number of aromatic nitrogens is 1. The molecular formula is C20H11Cl3N4O4. The fourth-order valence-electron chi connectivity index (χ4n) is 3.09. The van der Waals surface area contributed by atoms with Crippen molar-refractivity contribution in [1.29, 1.82) is 0 Å². The molecule has 0 saturated carbocycles. The summed E-state index contributed by atoms with van der Waals surface area (Å²) in [5.74, 6) is -1.21. The highest BCUT2D eigenvalue weighted by atomic mass is 35.5. The van der Waals surface area contributed by atoms with Gasteiger partial charge in [0.05, 0.1) is 16.3 Å². The smallest absolute Gasteiger partial charge is 0.289 e. The van der Waals surface area contributed by atoms with Crippen LogP contribution in [-0.4, -0.2) is 21.3 Å². The molecule has 2 amide bonds. The number of carbonyl (C=O) groups is 2. The number of anilines is 1. The molecule has 8 nitrogen and oxygen atoms in total. The molecule has 4 rings (SSSR count). The van der Waals surface area contributed by atoms with Gasteiger partial charge in [0.2, 0.25) is 0 Å². The predicted molar refractivity (Wildman–Crippen MR) is 118 cm³/mol. The van der Waals surface area contributed by atoms with Gasteiger partial charge in [-0.1, -0.05) is 34.8 Å². The molecule has 0 atom stereocenters. The molecule has 31 heavy (non-hydrogen) atoms. The minimum absolute atomic E-state index is 0.00184. The summed E-state index contributed by atoms with van der Waals surface area (Å²) in [6.07, 6.45) is 3.04. The van der Waals surface area contributed by atoms with Gasteiger partial charge in [-0.25, -0.2) is 5.01 Å². The summed E-state index contributed by atoms with van der Waals surface area (Å²) in [5.41, 5.74) is 3.30. The molecule has 0 aliphatic carbocycles. The van der Waals surface area contributed by atoms with Crippen molar-refractivity contribution in [3.8, 4) is 5.69 Å². The number of nitro groups is 1. The van der Waals surface area contributed by atoms with E-state index in [0.29, 0.717) is 27.1 Å². The molecule has 1 fully saturated rings. The average molecular weight is 478 g/mol. The van der Waals surface area contributed by atoms with Crippen molar-refractivity contribution < 1.29 is 14.5 Å². The number of carbonyl (C=O) groups excluding carboxylic acids is 2. The van der Waals surface area contributed by atoms with Gasteiger partial charge in [-0.05, 0) is 48.5 Å². The van der Waals surface area contributed by atoms with Crippen LogP contribution in [0.4, 0.5) is 11.4 Å². The lowest BCUT2D eigenvalue weighted by Gasteiger charge is -2.15. The monoisotopic (exact) mass is 476 g/mol. The Morgan fingerprint density at radius 1 is 0.968 bits per heavy atom. The first-order chi connectivity index (χ1) is 14.7. The van der Waals surface area contributed by atoms with E-state index in [0.717, 1.165) is 5.01 Å². The van der Waals surface area contributed by atoms with Crippen molar-refractivity contribution in [1.82, 2.24) is 9.99 Å². The van der Waals surface area contributed by atoms with Gasteiger partial charge in [-0.15, -0.1) is 0 Å². The summed E-state index contributed by atoms with van der Waals surface area (Å²) in [6.45, 7) is 0. The van der Waals surface area contributed by atoms with E-state index >= 15 is 0 Å². The number of rotatable bonds is 4. The van der Waals surface area contributed by atoms with E-state index in [1.807, 2.05) is 0 Å². The predicted octanol–water partition coefficient (Wildman–Crippen LogP) is 4.81. The van der Waals surface area contributed by atoms with Crippen molar-refractivity contribution in [3.63, 3.8) is 0 Å². The van der Waals surface area contributed by atoms with Crippen LogP contribution in [0.15, 0.2) is 60.3 Å². The van der Waals surface area contributed by atoms with Crippen LogP contribution in [0, 0.1) is 10.1 Å². The second-order valence-electron chi connectivity index (χ2n) is 6.46. The van der Waals surface area contributed by atoms with Crippen molar-refractivity contribution >= 4 is 64.1 Å². The van der Waals surface area contributed by atoms with Crippen molar-refractivity contribution in [2.75, 3.05) is 5.01 Å². The van der Waals surface area contributed by atoms with E-state index < -0.39 is 16.7 Å². The number of halogens is 3. The van der Waals surface area contributed by atoms with Gasteiger partial charge in [0.1, 0.15) is 10.6 Å². The molecule has 11 heteroatoms. The maximum Gasteiger partial charge on any atom is 0.289 e. The van der Waals surface area contributed by atoms with Gasteiger partial charge in [-0.2, -0.15) is 0 Å². The topological polar surface area (TPSA) is 97.5 Å². The van der Waals surface area contributed by atoms with Crippen molar-refractivity contribution in [2.45, 2.75) is 0 Å². The average Bonchev–Trinajstić information content (AvgIpc) is 3.27. The van der Waals surface area contributed by atoms with Crippen LogP contribution < -0.4 is 10.4 Å². The molecule has 2 aromatic carbocycles. The first-order valence-corrected chi connectivity index (χ1v) is 9.83. The Morgan fingerprint density at radius 2 is 1.68 bits per heavy atom. The third-order valence-electron chi connectivity index (χ3n) is 4.47. The molecular weight excluding hydrogens is 467 g/mol. The van der Waals surface area contributed by atoms with Gasteiger partial charge < -0.3 is 4.57 Å². The zero-order chi connectivity index (χ0) is 22.3. The van der Waals surface area contributed by atoms with Crippen LogP contribution in [0.3, 0.4) is 0 Å². The third kappa shape index (κ3) is 4.00. The maximum absolute atomic E-state index is 12.9. The van der Waals surface area contributed by atoms with E-state index in [4.69, 9.17) is 34.8 Å². The van der Waals surface area contributed by atoms with Gasteiger partial charge >= 0.3 is 0 Å². The zero-order valence-corrected chi connectivity index (χ0v) is 17.6. The van der Waals surface area contributed by atoms with Crippen LogP contribution >= 0.6 is 34.8 Å². The highest BCUT2D eigenvalue weighted by Crippen LogP contribution is 2.30. The Kier molecular flexibility index (Phi) is 5.45. The van der Waals surface area contributed by atoms with Crippen LogP contribution in [-0.2, 0) is 9.59 Å². The number of amides is 2. The van der Waals surface area contributed by atoms with Gasteiger partial charge in [0.25, 0.3) is 17.5 Å². The molecule has 0 unspecified atom stereocenters. The molecule has 1 aliphatic heterocycles. The Bertz CT molecular complexity index is 1260. The Labute approximate surface area is 190 Å². The van der Waals surface area contributed by atoms with E-state index in [1.165, 1.54) is 36.4 Å². The summed E-state index contributed by atoms with van der Waals surface area (Å²) >= 11 is 17.9. The quantitative estimate of drug-likeness (QED) is 0.252. The van der Waals surface area contributed by atoms with Crippen LogP contribution in [0.2, 0.25) is 15.1 Å². The minimum atomic E-state index is -0.615. The molecule has 1 aliphatic rings. The lowest BCUT2D eigenvalue weighted by molar-refractivity contribution is -0.384. The second-order valence-corrected chi connectivity index (χ2v) is 7.74. The molecule has 2 heterocycles. The molecule has 1 aromatic heterocycles. The second kappa shape index (κ2) is 8.07. The van der Waals surface area contributed by atoms with Crippen molar-refractivity contribution in [3.05, 3.63) is 91.2 Å². The minimum Gasteiger partial charge on any atom is -0.317 e. The van der Waals surface area contributed by atoms with Gasteiger partial charge in [0, 0.05) is 28.0 Å². The number of hydrogen-bond donors (Lipinski definition) is 1. The Morgan fingerprint density at radius 3 is 2.35 bits per heavy atom. The van der Waals surface area contributed by atoms with E-state index in [2.05, 4.69) is 5.43 Å². The lowest BCUT2D eigenvalue weighted by Crippen LogP contribution is -2.35. The highest BCUT2D eigenvalue weighted by molar-refractivity contribution is 6.36. The van der Waals surface area contributed by atoms with Crippen LogP contribution in [0.5, 0.6) is 0 Å². The summed E-state index contributed by atoms with van der Waals surface area (Å²) < 4.78 is 1.59. The number of nitrogens with one attached hydrogen (secondary N) is 1. The van der Waals surface area contributed by atoms with E-state index in [1.54, 1.807) is 29.0 Å². The third-order valence-corrected chi connectivity index (χ3v) is 5.23. The van der Waals surface area contributed by atoms with Crippen LogP contribution in [0.1, 0.15) is 5.69 Å². The number of nitro benzene ring substituents is 1. The number of hydrogen-bond acceptors (Lipinski definition) is 4. The SMILES string of the molecule is O=C1NN(c2cc(Cl)cc(Cl)c2)C(=O)C1=Cc1cccn1-c1ccc(Cl)c([N+](=O)[O-])c1. The van der Waals surface area contributed by atoms with Crippen molar-refractivity contribution in [2.24, 2.45) is 0 Å². The Balaban J connectivity index is 1.72. The zero-order valence-electron chi connectivity index (χ0n) is 15.4. The first-order valence-electron chi connectivity index (χ1n) is 8.69. The molecule has 0 bridgehead atoms. The molecule has 0 radical (unpaired) electrons. The number of benzene rings is 2. The summed E-state index contributed by atoms with van der Waals surface area (Å²) in [5, 5.41) is 12.9. The largest absolute Gasteiger partial charge is 0.317 e. The van der Waals surface area contributed by atoms with Gasteiger partial charge in [0.15, 0.2) is 0 Å². The van der Waals surface area contributed by atoms with E-state index in [-0.39, 0.29) is 16.3 Å². The van der Waals surface area contributed by atoms with Crippen LogP contribution in [0.25, 0.3) is 11.8 Å². The Hall–Kier alpha value is -3.33. The fraction of sp³-hybridized carbons (Fsp3) is 0. The highest BCUT2D eigenvalue weighted by Gasteiger charge is 2.35. The molecule has 0 spiro atoms. The summed E-state index contributed by atoms with van der Waals surface area (Å²) in [6, 6.07) is 12.1. The number of hydrazine groups is 1. The standard InChI is InChI=1S/C20H11Cl3N4O4/c21-11-6-12(22)8-15(7-11)26-20(29)16(19(28)24-26)9-13-2-1-5-25(13)14-3-4-17(23)18(10-14)27(30)31/h1-10H,(H,24,28). The fourth-order valence-corrected chi connectivity index (χ4v) is 3.79. The molecule has 3 aromatic rings. The molecule has 156 valence electrons.